The van der Waals surface area contributed by atoms with Gasteiger partial charge in [0.15, 0.2) is 0 Å². The Bertz CT molecular complexity index is 380. The van der Waals surface area contributed by atoms with E-state index in [0.717, 1.165) is 31.6 Å². The molecule has 0 fully saturated rings. The molecule has 0 aliphatic carbocycles. The standard InChI is InChI=1S/C15H26FN3/c1-5-9-17-12-7-8-15(14(16)10-12)18-11-13(6-2)19(3)4/h7-8,10,13,17-18H,5-6,9,11H2,1-4H3. The minimum Gasteiger partial charge on any atom is -0.385 e. The van der Waals surface area contributed by atoms with Crippen LogP contribution in [0, 0.1) is 5.82 Å². The minimum atomic E-state index is -0.199. The molecule has 1 aromatic carbocycles. The van der Waals surface area contributed by atoms with E-state index in [4.69, 9.17) is 0 Å². The van der Waals surface area contributed by atoms with Gasteiger partial charge in [0.25, 0.3) is 0 Å². The fourth-order valence-corrected chi connectivity index (χ4v) is 1.96. The topological polar surface area (TPSA) is 27.3 Å². The van der Waals surface area contributed by atoms with Crippen LogP contribution in [0.15, 0.2) is 18.2 Å². The van der Waals surface area contributed by atoms with Gasteiger partial charge in [-0.1, -0.05) is 13.8 Å². The molecule has 0 spiro atoms. The third kappa shape index (κ3) is 5.07. The third-order valence-corrected chi connectivity index (χ3v) is 3.28. The van der Waals surface area contributed by atoms with Gasteiger partial charge < -0.3 is 15.5 Å². The summed E-state index contributed by atoms with van der Waals surface area (Å²) in [5.74, 6) is -0.199. The normalized spacial score (nSPS) is 12.5. The van der Waals surface area contributed by atoms with Crippen LogP contribution in [-0.4, -0.2) is 38.1 Å². The highest BCUT2D eigenvalue weighted by Gasteiger charge is 2.10. The van der Waals surface area contributed by atoms with Gasteiger partial charge >= 0.3 is 0 Å². The lowest BCUT2D eigenvalue weighted by atomic mass is 10.2. The third-order valence-electron chi connectivity index (χ3n) is 3.28. The number of likely N-dealkylation sites (N-methyl/N-ethyl adjacent to an activating group) is 1. The first kappa shape index (κ1) is 15.8. The van der Waals surface area contributed by atoms with Gasteiger partial charge in [-0.25, -0.2) is 4.39 Å². The molecule has 0 aromatic heterocycles. The molecule has 3 nitrogen and oxygen atoms in total. The molecular formula is C15H26FN3. The molecule has 1 unspecified atom stereocenters. The van der Waals surface area contributed by atoms with E-state index >= 15 is 0 Å². The van der Waals surface area contributed by atoms with Crippen LogP contribution in [0.2, 0.25) is 0 Å². The van der Waals surface area contributed by atoms with Crippen molar-refractivity contribution in [3.63, 3.8) is 0 Å². The van der Waals surface area contributed by atoms with Crippen molar-refractivity contribution in [3.8, 4) is 0 Å². The Morgan fingerprint density at radius 3 is 2.47 bits per heavy atom. The summed E-state index contributed by atoms with van der Waals surface area (Å²) in [5, 5.41) is 6.36. The van der Waals surface area contributed by atoms with Crippen molar-refractivity contribution in [1.29, 1.82) is 0 Å². The maximum atomic E-state index is 13.9. The number of nitrogens with one attached hydrogen (secondary N) is 2. The number of rotatable bonds is 8. The van der Waals surface area contributed by atoms with E-state index in [1.54, 1.807) is 12.1 Å². The highest BCUT2D eigenvalue weighted by molar-refractivity contribution is 5.54. The van der Waals surface area contributed by atoms with Crippen molar-refractivity contribution in [3.05, 3.63) is 24.0 Å². The van der Waals surface area contributed by atoms with Gasteiger partial charge in [0.2, 0.25) is 0 Å². The van der Waals surface area contributed by atoms with Gasteiger partial charge in [-0.2, -0.15) is 0 Å². The van der Waals surface area contributed by atoms with Crippen LogP contribution in [-0.2, 0) is 0 Å². The van der Waals surface area contributed by atoms with Gasteiger partial charge in [0.05, 0.1) is 5.69 Å². The monoisotopic (exact) mass is 267 g/mol. The summed E-state index contributed by atoms with van der Waals surface area (Å²) >= 11 is 0. The summed E-state index contributed by atoms with van der Waals surface area (Å²) in [6.07, 6.45) is 2.07. The molecule has 108 valence electrons. The Morgan fingerprint density at radius 1 is 1.21 bits per heavy atom. The average molecular weight is 267 g/mol. The lowest BCUT2D eigenvalue weighted by molar-refractivity contribution is 0.298. The number of nitrogens with zero attached hydrogens (tertiary/aromatic N) is 1. The summed E-state index contributed by atoms with van der Waals surface area (Å²) < 4.78 is 13.9. The summed E-state index contributed by atoms with van der Waals surface area (Å²) in [5.41, 5.74) is 1.41. The zero-order valence-electron chi connectivity index (χ0n) is 12.5. The molecule has 1 atom stereocenters. The summed E-state index contributed by atoms with van der Waals surface area (Å²) in [4.78, 5) is 2.15. The molecule has 4 heteroatoms. The van der Waals surface area contributed by atoms with E-state index in [0.29, 0.717) is 11.7 Å². The van der Waals surface area contributed by atoms with Crippen LogP contribution in [0.3, 0.4) is 0 Å². The number of hydrogen-bond acceptors (Lipinski definition) is 3. The van der Waals surface area contributed by atoms with Gasteiger partial charge in [-0.3, -0.25) is 0 Å². The van der Waals surface area contributed by atoms with E-state index < -0.39 is 0 Å². The predicted octanol–water partition coefficient (Wildman–Crippen LogP) is 3.40. The lowest BCUT2D eigenvalue weighted by Crippen LogP contribution is -2.33. The minimum absolute atomic E-state index is 0.199. The fourth-order valence-electron chi connectivity index (χ4n) is 1.96. The van der Waals surface area contributed by atoms with Crippen LogP contribution >= 0.6 is 0 Å². The van der Waals surface area contributed by atoms with E-state index in [1.807, 2.05) is 20.2 Å². The summed E-state index contributed by atoms with van der Waals surface area (Å²) in [6.45, 7) is 5.85. The van der Waals surface area contributed by atoms with Gasteiger partial charge in [-0.05, 0) is 45.1 Å². The van der Waals surface area contributed by atoms with Crippen LogP contribution in [0.1, 0.15) is 26.7 Å². The van der Waals surface area contributed by atoms with E-state index in [2.05, 4.69) is 29.4 Å². The molecule has 0 saturated carbocycles. The molecule has 0 heterocycles. The second-order valence-corrected chi connectivity index (χ2v) is 5.03. The Labute approximate surface area is 116 Å². The number of hydrogen-bond donors (Lipinski definition) is 2. The van der Waals surface area contributed by atoms with Gasteiger partial charge in [-0.15, -0.1) is 0 Å². The van der Waals surface area contributed by atoms with Crippen LogP contribution in [0.25, 0.3) is 0 Å². The molecule has 1 rings (SSSR count). The van der Waals surface area contributed by atoms with Crippen molar-refractivity contribution in [2.75, 3.05) is 37.8 Å². The molecule has 0 aliphatic heterocycles. The van der Waals surface area contributed by atoms with E-state index in [1.165, 1.54) is 0 Å². The van der Waals surface area contributed by atoms with Gasteiger partial charge in [0.1, 0.15) is 5.82 Å². The first-order valence-corrected chi connectivity index (χ1v) is 7.02. The van der Waals surface area contributed by atoms with Crippen molar-refractivity contribution in [1.82, 2.24) is 4.90 Å². The van der Waals surface area contributed by atoms with Crippen LogP contribution in [0.4, 0.5) is 15.8 Å². The SMILES string of the molecule is CCCNc1ccc(NCC(CC)N(C)C)c(F)c1. The molecular weight excluding hydrogens is 241 g/mol. The summed E-state index contributed by atoms with van der Waals surface area (Å²) in [6, 6.07) is 5.68. The zero-order valence-corrected chi connectivity index (χ0v) is 12.5. The predicted molar refractivity (Wildman–Crippen MR) is 81.4 cm³/mol. The van der Waals surface area contributed by atoms with Crippen molar-refractivity contribution in [2.45, 2.75) is 32.7 Å². The average Bonchev–Trinajstić information content (AvgIpc) is 2.38. The Hall–Kier alpha value is -1.29. The first-order valence-electron chi connectivity index (χ1n) is 7.02. The number of anilines is 2. The molecule has 0 saturated heterocycles. The smallest absolute Gasteiger partial charge is 0.148 e. The summed E-state index contributed by atoms with van der Waals surface area (Å²) in [7, 11) is 4.09. The second-order valence-electron chi connectivity index (χ2n) is 5.03. The molecule has 0 bridgehead atoms. The fraction of sp³-hybridized carbons (Fsp3) is 0.600. The van der Waals surface area contributed by atoms with Crippen molar-refractivity contribution < 1.29 is 4.39 Å². The number of benzene rings is 1. The Morgan fingerprint density at radius 2 is 1.95 bits per heavy atom. The second kappa shape index (κ2) is 8.00. The molecule has 0 amide bonds. The van der Waals surface area contributed by atoms with E-state index in [-0.39, 0.29) is 5.82 Å². The molecule has 0 radical (unpaired) electrons. The Kier molecular flexibility index (Phi) is 6.64. The van der Waals surface area contributed by atoms with E-state index in [9.17, 15) is 4.39 Å². The molecule has 19 heavy (non-hydrogen) atoms. The lowest BCUT2D eigenvalue weighted by Gasteiger charge is -2.23. The maximum Gasteiger partial charge on any atom is 0.148 e. The highest BCUT2D eigenvalue weighted by Crippen LogP contribution is 2.19. The Balaban J connectivity index is 2.59. The molecule has 2 N–H and O–H groups in total. The largest absolute Gasteiger partial charge is 0.385 e. The molecule has 1 aromatic rings. The van der Waals surface area contributed by atoms with Crippen molar-refractivity contribution in [2.24, 2.45) is 0 Å². The molecule has 0 aliphatic rings. The first-order chi connectivity index (χ1) is 9.08. The zero-order chi connectivity index (χ0) is 14.3. The van der Waals surface area contributed by atoms with Gasteiger partial charge in [0, 0.05) is 24.8 Å². The van der Waals surface area contributed by atoms with Crippen molar-refractivity contribution >= 4 is 11.4 Å². The van der Waals surface area contributed by atoms with Crippen LogP contribution in [0.5, 0.6) is 0 Å². The highest BCUT2D eigenvalue weighted by atomic mass is 19.1. The number of halogens is 1. The van der Waals surface area contributed by atoms with Crippen LogP contribution < -0.4 is 10.6 Å². The maximum absolute atomic E-state index is 13.9. The quantitative estimate of drug-likeness (QED) is 0.756.